The number of hydrogen-bond acceptors (Lipinski definition) is 5. The van der Waals surface area contributed by atoms with Crippen molar-refractivity contribution in [2.75, 3.05) is 18.1 Å². The maximum atomic E-state index is 13.5. The Morgan fingerprint density at radius 2 is 1.74 bits per heavy atom. The summed E-state index contributed by atoms with van der Waals surface area (Å²) in [6.07, 6.45) is -3.59. The molecule has 2 aromatic rings. The lowest BCUT2D eigenvalue weighted by atomic mass is 10.2. The summed E-state index contributed by atoms with van der Waals surface area (Å²) in [7, 11) is -3.18. The first-order valence-electron chi connectivity index (χ1n) is 7.52. The predicted molar refractivity (Wildman–Crippen MR) is 90.5 cm³/mol. The van der Waals surface area contributed by atoms with E-state index >= 15 is 0 Å². The first-order chi connectivity index (χ1) is 12.4. The third-order valence-electron chi connectivity index (χ3n) is 3.30. The molecule has 0 unspecified atom stereocenters. The van der Waals surface area contributed by atoms with E-state index in [0.717, 1.165) is 6.26 Å². The molecule has 0 saturated carbocycles. The van der Waals surface area contributed by atoms with Gasteiger partial charge in [-0.05, 0) is 35.9 Å². The molecule has 0 aliphatic carbocycles. The van der Waals surface area contributed by atoms with Crippen LogP contribution >= 0.6 is 0 Å². The Kier molecular flexibility index (Phi) is 6.09. The predicted octanol–water partition coefficient (Wildman–Crippen LogP) is 3.41. The maximum absolute atomic E-state index is 13.5. The molecule has 0 aliphatic heterocycles. The molecular weight excluding hydrogens is 390 g/mol. The van der Waals surface area contributed by atoms with Gasteiger partial charge in [0, 0.05) is 11.9 Å². The molecule has 0 bridgehead atoms. The SMILES string of the molecule is CS(=O)(=O)Cc1ccc(NCC(=O)Oc2cc(C(F)(F)F)ccc2F)cc1. The summed E-state index contributed by atoms with van der Waals surface area (Å²) in [5, 5.41) is 2.65. The number of hydrogen-bond donors (Lipinski definition) is 1. The van der Waals surface area contributed by atoms with Crippen LogP contribution in [0.1, 0.15) is 11.1 Å². The fourth-order valence-corrected chi connectivity index (χ4v) is 2.91. The van der Waals surface area contributed by atoms with Crippen molar-refractivity contribution in [1.82, 2.24) is 0 Å². The van der Waals surface area contributed by atoms with Crippen LogP contribution in [0, 0.1) is 5.82 Å². The Morgan fingerprint density at radius 1 is 1.11 bits per heavy atom. The van der Waals surface area contributed by atoms with Gasteiger partial charge in [0.05, 0.1) is 11.3 Å². The molecule has 5 nitrogen and oxygen atoms in total. The highest BCUT2D eigenvalue weighted by Gasteiger charge is 2.31. The number of benzene rings is 2. The van der Waals surface area contributed by atoms with Gasteiger partial charge in [-0.1, -0.05) is 12.1 Å². The largest absolute Gasteiger partial charge is 0.422 e. The number of alkyl halides is 3. The number of ether oxygens (including phenoxy) is 1. The number of anilines is 1. The second-order valence-electron chi connectivity index (χ2n) is 5.74. The molecule has 2 rings (SSSR count). The molecule has 0 heterocycles. The average Bonchev–Trinajstić information content (AvgIpc) is 2.54. The highest BCUT2D eigenvalue weighted by molar-refractivity contribution is 7.89. The monoisotopic (exact) mass is 405 g/mol. The van der Waals surface area contributed by atoms with Gasteiger partial charge in [0.25, 0.3) is 0 Å². The second kappa shape index (κ2) is 7.95. The number of nitrogens with one attached hydrogen (secondary N) is 1. The smallest absolute Gasteiger partial charge is 0.416 e. The molecule has 0 aliphatic rings. The highest BCUT2D eigenvalue weighted by atomic mass is 32.2. The minimum absolute atomic E-state index is 0.135. The molecule has 0 amide bonds. The summed E-state index contributed by atoms with van der Waals surface area (Å²) in [5.74, 6) is -3.04. The highest BCUT2D eigenvalue weighted by Crippen LogP contribution is 2.32. The molecule has 0 aromatic heterocycles. The summed E-state index contributed by atoms with van der Waals surface area (Å²) in [5.41, 5.74) is -0.133. The Bertz CT molecular complexity index is 925. The van der Waals surface area contributed by atoms with Crippen molar-refractivity contribution in [2.45, 2.75) is 11.9 Å². The third kappa shape index (κ3) is 6.55. The van der Waals surface area contributed by atoms with Crippen LogP contribution in [0.15, 0.2) is 42.5 Å². The lowest BCUT2D eigenvalue weighted by Crippen LogP contribution is -2.20. The number of carbonyl (C=O) groups excluding carboxylic acids is 1. The van der Waals surface area contributed by atoms with Gasteiger partial charge in [0.15, 0.2) is 21.4 Å². The zero-order chi connectivity index (χ0) is 20.2. The van der Waals surface area contributed by atoms with Gasteiger partial charge in [0.2, 0.25) is 0 Å². The summed E-state index contributed by atoms with van der Waals surface area (Å²) >= 11 is 0. The van der Waals surface area contributed by atoms with Crippen LogP contribution in [-0.4, -0.2) is 27.2 Å². The first kappa shape index (κ1) is 20.7. The molecule has 27 heavy (non-hydrogen) atoms. The van der Waals surface area contributed by atoms with Crippen LogP contribution in [0.3, 0.4) is 0 Å². The molecule has 146 valence electrons. The lowest BCUT2D eigenvalue weighted by Gasteiger charge is -2.11. The van der Waals surface area contributed by atoms with Crippen LogP contribution in [0.2, 0.25) is 0 Å². The molecular formula is C17H15F4NO4S. The quantitative estimate of drug-likeness (QED) is 0.453. The van der Waals surface area contributed by atoms with Crippen LogP contribution in [-0.2, 0) is 26.6 Å². The Morgan fingerprint density at radius 3 is 2.30 bits per heavy atom. The van der Waals surface area contributed by atoms with Gasteiger partial charge < -0.3 is 10.1 Å². The Labute approximate surface area is 152 Å². The van der Waals surface area contributed by atoms with Crippen molar-refractivity contribution in [3.05, 3.63) is 59.4 Å². The zero-order valence-corrected chi connectivity index (χ0v) is 14.8. The Hall–Kier alpha value is -2.62. The number of carbonyl (C=O) groups is 1. The first-order valence-corrected chi connectivity index (χ1v) is 9.58. The van der Waals surface area contributed by atoms with Gasteiger partial charge in [-0.15, -0.1) is 0 Å². The molecule has 0 saturated heterocycles. The van der Waals surface area contributed by atoms with Gasteiger partial charge in [-0.25, -0.2) is 17.6 Å². The third-order valence-corrected chi connectivity index (χ3v) is 4.16. The van der Waals surface area contributed by atoms with E-state index in [0.29, 0.717) is 29.4 Å². The summed E-state index contributed by atoms with van der Waals surface area (Å²) in [6, 6.07) is 7.66. The molecule has 0 spiro atoms. The summed E-state index contributed by atoms with van der Waals surface area (Å²) in [4.78, 5) is 11.7. The number of rotatable bonds is 6. The van der Waals surface area contributed by atoms with Crippen molar-refractivity contribution in [3.63, 3.8) is 0 Å². The average molecular weight is 405 g/mol. The molecule has 0 fully saturated rings. The van der Waals surface area contributed by atoms with E-state index in [9.17, 15) is 30.8 Å². The number of halogens is 4. The normalized spacial score (nSPS) is 11.9. The van der Waals surface area contributed by atoms with E-state index in [1.807, 2.05) is 0 Å². The molecule has 10 heteroatoms. The second-order valence-corrected chi connectivity index (χ2v) is 7.88. The zero-order valence-electron chi connectivity index (χ0n) is 14.0. The van der Waals surface area contributed by atoms with Crippen molar-refractivity contribution in [3.8, 4) is 5.75 Å². The van der Waals surface area contributed by atoms with E-state index in [1.54, 1.807) is 12.1 Å². The van der Waals surface area contributed by atoms with Gasteiger partial charge in [0.1, 0.15) is 6.54 Å². The Balaban J connectivity index is 1.97. The van der Waals surface area contributed by atoms with Gasteiger partial charge in [-0.3, -0.25) is 0 Å². The summed E-state index contributed by atoms with van der Waals surface area (Å²) in [6.45, 7) is -0.429. The topological polar surface area (TPSA) is 72.5 Å². The molecule has 0 radical (unpaired) electrons. The molecule has 2 aromatic carbocycles. The van der Waals surface area contributed by atoms with Crippen LogP contribution in [0.5, 0.6) is 5.75 Å². The minimum Gasteiger partial charge on any atom is -0.422 e. The lowest BCUT2D eigenvalue weighted by molar-refractivity contribution is -0.138. The number of esters is 1. The van der Waals surface area contributed by atoms with Gasteiger partial charge in [-0.2, -0.15) is 13.2 Å². The van der Waals surface area contributed by atoms with Crippen molar-refractivity contribution >= 4 is 21.5 Å². The van der Waals surface area contributed by atoms with E-state index in [1.165, 1.54) is 12.1 Å². The minimum atomic E-state index is -4.69. The van der Waals surface area contributed by atoms with Crippen molar-refractivity contribution in [1.29, 1.82) is 0 Å². The maximum Gasteiger partial charge on any atom is 0.416 e. The molecule has 0 atom stereocenters. The van der Waals surface area contributed by atoms with Gasteiger partial charge >= 0.3 is 12.1 Å². The fraction of sp³-hybridized carbons (Fsp3) is 0.235. The van der Waals surface area contributed by atoms with Crippen molar-refractivity contribution < 1.29 is 35.5 Å². The van der Waals surface area contributed by atoms with Crippen LogP contribution in [0.25, 0.3) is 0 Å². The van der Waals surface area contributed by atoms with Crippen LogP contribution in [0.4, 0.5) is 23.2 Å². The van der Waals surface area contributed by atoms with E-state index < -0.39 is 45.7 Å². The van der Waals surface area contributed by atoms with E-state index in [-0.39, 0.29) is 5.75 Å². The number of sulfone groups is 1. The summed E-state index contributed by atoms with van der Waals surface area (Å²) < 4.78 is 78.5. The van der Waals surface area contributed by atoms with Crippen LogP contribution < -0.4 is 10.1 Å². The fourth-order valence-electron chi connectivity index (χ4n) is 2.11. The van der Waals surface area contributed by atoms with Crippen molar-refractivity contribution in [2.24, 2.45) is 0 Å². The standard InChI is InChI=1S/C17H15F4NO4S/c1-27(24,25)10-11-2-5-13(6-3-11)22-9-16(23)26-15-8-12(17(19,20)21)4-7-14(15)18/h2-8,22H,9-10H2,1H3. The molecule has 1 N–H and O–H groups in total. The van der Waals surface area contributed by atoms with E-state index in [2.05, 4.69) is 10.1 Å². The van der Waals surface area contributed by atoms with E-state index in [4.69, 9.17) is 0 Å².